The largest absolute Gasteiger partial charge is 0.398 e. The van der Waals surface area contributed by atoms with Gasteiger partial charge in [-0.3, -0.25) is 4.79 Å². The second kappa shape index (κ2) is 7.01. The number of anilines is 1. The molecular weight excluding hydrogens is 268 g/mol. The molecule has 0 aliphatic carbocycles. The Hall–Kier alpha value is -1.94. The summed E-state index contributed by atoms with van der Waals surface area (Å²) in [6.07, 6.45) is 0. The molecule has 0 bridgehead atoms. The van der Waals surface area contributed by atoms with Crippen LogP contribution in [0.15, 0.2) is 53.4 Å². The van der Waals surface area contributed by atoms with Gasteiger partial charge in [-0.2, -0.15) is 0 Å². The summed E-state index contributed by atoms with van der Waals surface area (Å²) in [5.74, 6) is 0.778. The van der Waals surface area contributed by atoms with Crippen molar-refractivity contribution in [2.45, 2.75) is 11.8 Å². The maximum atomic E-state index is 12.1. The van der Waals surface area contributed by atoms with Crippen LogP contribution in [0.3, 0.4) is 0 Å². The molecule has 0 aliphatic heterocycles. The van der Waals surface area contributed by atoms with Crippen molar-refractivity contribution in [2.24, 2.45) is 0 Å². The zero-order valence-electron chi connectivity index (χ0n) is 11.4. The maximum absolute atomic E-state index is 12.1. The fourth-order valence-electron chi connectivity index (χ4n) is 1.84. The molecule has 20 heavy (non-hydrogen) atoms. The Morgan fingerprint density at radius 1 is 1.15 bits per heavy atom. The molecule has 3 N–H and O–H groups in total. The summed E-state index contributed by atoms with van der Waals surface area (Å²) in [6, 6.07) is 15.5. The van der Waals surface area contributed by atoms with Crippen LogP contribution >= 0.6 is 11.8 Å². The van der Waals surface area contributed by atoms with Crippen molar-refractivity contribution in [3.05, 3.63) is 59.7 Å². The van der Waals surface area contributed by atoms with E-state index < -0.39 is 0 Å². The van der Waals surface area contributed by atoms with E-state index >= 15 is 0 Å². The Labute approximate surface area is 123 Å². The normalized spacial score (nSPS) is 10.2. The van der Waals surface area contributed by atoms with Gasteiger partial charge in [0.1, 0.15) is 0 Å². The van der Waals surface area contributed by atoms with Gasteiger partial charge in [-0.05, 0) is 36.8 Å². The summed E-state index contributed by atoms with van der Waals surface area (Å²) < 4.78 is 0. The number of hydrogen-bond donors (Lipinski definition) is 2. The van der Waals surface area contributed by atoms with Crippen molar-refractivity contribution in [2.75, 3.05) is 18.0 Å². The molecule has 0 atom stereocenters. The Bertz CT molecular complexity index is 584. The predicted octanol–water partition coefficient (Wildman–Crippen LogP) is 3.10. The highest BCUT2D eigenvalue weighted by Gasteiger charge is 2.09. The van der Waals surface area contributed by atoms with Gasteiger partial charge in [0.15, 0.2) is 0 Å². The fraction of sp³-hybridized carbons (Fsp3) is 0.188. The number of nitrogens with two attached hydrogens (primary N) is 1. The average Bonchev–Trinajstić information content (AvgIpc) is 2.47. The third-order valence-corrected chi connectivity index (χ3v) is 4.03. The number of nitrogen functional groups attached to an aromatic ring is 1. The Morgan fingerprint density at radius 2 is 1.90 bits per heavy atom. The molecular formula is C16H18N2OS. The number of thioether (sulfide) groups is 1. The van der Waals surface area contributed by atoms with Gasteiger partial charge in [-0.15, -0.1) is 11.8 Å². The lowest BCUT2D eigenvalue weighted by Crippen LogP contribution is -2.26. The first-order valence-corrected chi connectivity index (χ1v) is 7.48. The van der Waals surface area contributed by atoms with Crippen LogP contribution in [0.4, 0.5) is 5.69 Å². The molecule has 3 nitrogen and oxygen atoms in total. The van der Waals surface area contributed by atoms with Crippen LogP contribution in [0.1, 0.15) is 15.9 Å². The van der Waals surface area contributed by atoms with Crippen LogP contribution in [-0.4, -0.2) is 18.2 Å². The predicted molar refractivity (Wildman–Crippen MR) is 85.1 cm³/mol. The molecule has 4 heteroatoms. The Morgan fingerprint density at radius 3 is 2.65 bits per heavy atom. The zero-order chi connectivity index (χ0) is 14.4. The minimum absolute atomic E-state index is 0.0662. The highest BCUT2D eigenvalue weighted by molar-refractivity contribution is 7.99. The number of nitrogens with one attached hydrogen (secondary N) is 1. The number of carbonyl (C=O) groups excluding carboxylic acids is 1. The topological polar surface area (TPSA) is 55.1 Å². The van der Waals surface area contributed by atoms with Crippen molar-refractivity contribution in [1.82, 2.24) is 5.32 Å². The minimum atomic E-state index is -0.0662. The van der Waals surface area contributed by atoms with Crippen LogP contribution in [0.2, 0.25) is 0 Å². The standard InChI is InChI=1S/C16H18N2OS/c1-12-14(8-5-9-15(12)17)16(19)18-10-11-20-13-6-3-2-4-7-13/h2-9H,10-11,17H2,1H3,(H,18,19). The number of amides is 1. The van der Waals surface area contributed by atoms with E-state index in [1.54, 1.807) is 30.0 Å². The lowest BCUT2D eigenvalue weighted by atomic mass is 10.1. The molecule has 2 aromatic rings. The lowest BCUT2D eigenvalue weighted by molar-refractivity contribution is 0.0955. The summed E-state index contributed by atoms with van der Waals surface area (Å²) in [5, 5.41) is 2.92. The third-order valence-electron chi connectivity index (χ3n) is 3.02. The SMILES string of the molecule is Cc1c(N)cccc1C(=O)NCCSc1ccccc1. The second-order valence-electron chi connectivity index (χ2n) is 4.44. The first-order valence-electron chi connectivity index (χ1n) is 6.49. The van der Waals surface area contributed by atoms with Crippen molar-refractivity contribution in [3.8, 4) is 0 Å². The van der Waals surface area contributed by atoms with Crippen molar-refractivity contribution in [1.29, 1.82) is 0 Å². The van der Waals surface area contributed by atoms with Gasteiger partial charge in [0, 0.05) is 28.4 Å². The van der Waals surface area contributed by atoms with E-state index in [0.717, 1.165) is 11.3 Å². The van der Waals surface area contributed by atoms with E-state index in [-0.39, 0.29) is 5.91 Å². The summed E-state index contributed by atoms with van der Waals surface area (Å²) in [7, 11) is 0. The van der Waals surface area contributed by atoms with Gasteiger partial charge < -0.3 is 11.1 Å². The van der Waals surface area contributed by atoms with Crippen molar-refractivity contribution in [3.63, 3.8) is 0 Å². The number of benzene rings is 2. The minimum Gasteiger partial charge on any atom is -0.398 e. The van der Waals surface area contributed by atoms with E-state index in [1.165, 1.54) is 4.90 Å². The number of hydrogen-bond acceptors (Lipinski definition) is 3. The molecule has 2 aromatic carbocycles. The molecule has 0 aromatic heterocycles. The first-order chi connectivity index (χ1) is 9.68. The van der Waals surface area contributed by atoms with Gasteiger partial charge >= 0.3 is 0 Å². The molecule has 0 aliphatic rings. The molecule has 1 amide bonds. The highest BCUT2D eigenvalue weighted by atomic mass is 32.2. The van der Waals surface area contributed by atoms with E-state index in [2.05, 4.69) is 17.4 Å². The molecule has 0 saturated carbocycles. The van der Waals surface area contributed by atoms with Crippen LogP contribution in [0.25, 0.3) is 0 Å². The molecule has 0 fully saturated rings. The van der Waals surface area contributed by atoms with Gasteiger partial charge in [0.2, 0.25) is 0 Å². The molecule has 0 spiro atoms. The summed E-state index contributed by atoms with van der Waals surface area (Å²) in [4.78, 5) is 13.3. The van der Waals surface area contributed by atoms with Gasteiger partial charge in [-0.1, -0.05) is 24.3 Å². The zero-order valence-corrected chi connectivity index (χ0v) is 12.2. The fourth-order valence-corrected chi connectivity index (χ4v) is 2.63. The van der Waals surface area contributed by atoms with Crippen LogP contribution in [-0.2, 0) is 0 Å². The Kier molecular flexibility index (Phi) is 5.07. The quantitative estimate of drug-likeness (QED) is 0.504. The summed E-state index contributed by atoms with van der Waals surface area (Å²) in [5.41, 5.74) is 7.94. The summed E-state index contributed by atoms with van der Waals surface area (Å²) >= 11 is 1.73. The van der Waals surface area contributed by atoms with E-state index in [0.29, 0.717) is 17.8 Å². The van der Waals surface area contributed by atoms with Crippen molar-refractivity contribution < 1.29 is 4.79 Å². The van der Waals surface area contributed by atoms with E-state index in [9.17, 15) is 4.79 Å². The Balaban J connectivity index is 1.82. The molecule has 104 valence electrons. The highest BCUT2D eigenvalue weighted by Crippen LogP contribution is 2.17. The van der Waals surface area contributed by atoms with Crippen LogP contribution in [0.5, 0.6) is 0 Å². The third kappa shape index (κ3) is 3.78. The van der Waals surface area contributed by atoms with E-state index in [1.807, 2.05) is 25.1 Å². The van der Waals surface area contributed by atoms with Crippen LogP contribution < -0.4 is 11.1 Å². The van der Waals surface area contributed by atoms with Crippen molar-refractivity contribution >= 4 is 23.4 Å². The van der Waals surface area contributed by atoms with Crippen LogP contribution in [0, 0.1) is 6.92 Å². The van der Waals surface area contributed by atoms with Gasteiger partial charge in [-0.25, -0.2) is 0 Å². The maximum Gasteiger partial charge on any atom is 0.251 e. The smallest absolute Gasteiger partial charge is 0.251 e. The number of rotatable bonds is 5. The summed E-state index contributed by atoms with van der Waals surface area (Å²) in [6.45, 7) is 2.50. The monoisotopic (exact) mass is 286 g/mol. The average molecular weight is 286 g/mol. The molecule has 2 rings (SSSR count). The first kappa shape index (κ1) is 14.5. The second-order valence-corrected chi connectivity index (χ2v) is 5.61. The lowest BCUT2D eigenvalue weighted by Gasteiger charge is -2.09. The van der Waals surface area contributed by atoms with E-state index in [4.69, 9.17) is 5.73 Å². The van der Waals surface area contributed by atoms with Gasteiger partial charge in [0.05, 0.1) is 0 Å². The number of carbonyl (C=O) groups is 1. The van der Waals surface area contributed by atoms with Gasteiger partial charge in [0.25, 0.3) is 5.91 Å². The molecule has 0 heterocycles. The molecule has 0 unspecified atom stereocenters. The molecule has 0 saturated heterocycles. The molecule has 0 radical (unpaired) electrons.